The number of rotatable bonds is 5. The van der Waals surface area contributed by atoms with Crippen molar-refractivity contribution in [3.63, 3.8) is 0 Å². The maximum absolute atomic E-state index is 12.6. The van der Waals surface area contributed by atoms with Crippen LogP contribution in [0.3, 0.4) is 0 Å². The second-order valence-electron chi connectivity index (χ2n) is 5.42. The minimum Gasteiger partial charge on any atom is -0.369 e. The van der Waals surface area contributed by atoms with Crippen LogP contribution < -0.4 is 5.32 Å². The lowest BCUT2D eigenvalue weighted by atomic mass is 10.1. The number of carbonyl (C=O) groups excluding carboxylic acids is 1. The first-order valence-electron chi connectivity index (χ1n) is 7.55. The Morgan fingerprint density at radius 1 is 1.40 bits per heavy atom. The van der Waals surface area contributed by atoms with Crippen LogP contribution in [0.2, 0.25) is 0 Å². The molecule has 0 bridgehead atoms. The van der Waals surface area contributed by atoms with Gasteiger partial charge < -0.3 is 10.2 Å². The smallest absolute Gasteiger partial charge is 0.274 e. The molecule has 1 aliphatic rings. The minimum absolute atomic E-state index is 0.00879. The van der Waals surface area contributed by atoms with Gasteiger partial charge in [0.25, 0.3) is 5.91 Å². The van der Waals surface area contributed by atoms with Crippen LogP contribution in [-0.2, 0) is 0 Å². The summed E-state index contributed by atoms with van der Waals surface area (Å²) in [5.41, 5.74) is 0.443. The summed E-state index contributed by atoms with van der Waals surface area (Å²) in [6.45, 7) is 7.17. The summed E-state index contributed by atoms with van der Waals surface area (Å²) in [4.78, 5) is 23.2. The van der Waals surface area contributed by atoms with Crippen molar-refractivity contribution in [2.75, 3.05) is 11.9 Å². The molecule has 20 heavy (non-hydrogen) atoms. The number of nitrogens with one attached hydrogen (secondary N) is 1. The summed E-state index contributed by atoms with van der Waals surface area (Å²) in [7, 11) is 0. The van der Waals surface area contributed by atoms with Gasteiger partial charge in [-0.15, -0.1) is 0 Å². The van der Waals surface area contributed by atoms with Gasteiger partial charge in [-0.05, 0) is 32.6 Å². The third kappa shape index (κ3) is 3.08. The molecule has 1 aliphatic heterocycles. The highest BCUT2D eigenvalue weighted by atomic mass is 16.2. The maximum Gasteiger partial charge on any atom is 0.274 e. The summed E-state index contributed by atoms with van der Waals surface area (Å²) < 4.78 is 0. The van der Waals surface area contributed by atoms with Crippen LogP contribution in [0.15, 0.2) is 12.4 Å². The Labute approximate surface area is 120 Å². The maximum atomic E-state index is 12.6. The van der Waals surface area contributed by atoms with Crippen molar-refractivity contribution in [2.45, 2.75) is 58.5 Å². The van der Waals surface area contributed by atoms with E-state index < -0.39 is 0 Å². The molecule has 1 aromatic rings. The van der Waals surface area contributed by atoms with Gasteiger partial charge in [0.05, 0.1) is 12.4 Å². The van der Waals surface area contributed by atoms with E-state index in [0.29, 0.717) is 23.6 Å². The quantitative estimate of drug-likeness (QED) is 0.898. The Hall–Kier alpha value is -1.65. The molecule has 110 valence electrons. The van der Waals surface area contributed by atoms with E-state index in [9.17, 15) is 4.79 Å². The van der Waals surface area contributed by atoms with Gasteiger partial charge in [-0.1, -0.05) is 13.8 Å². The van der Waals surface area contributed by atoms with Crippen molar-refractivity contribution in [2.24, 2.45) is 0 Å². The largest absolute Gasteiger partial charge is 0.369 e. The number of amides is 1. The Bertz CT molecular complexity index is 463. The van der Waals surface area contributed by atoms with Crippen LogP contribution in [0.5, 0.6) is 0 Å². The molecule has 2 heterocycles. The molecule has 0 spiro atoms. The van der Waals surface area contributed by atoms with E-state index in [1.807, 2.05) is 4.90 Å². The van der Waals surface area contributed by atoms with E-state index in [4.69, 9.17) is 0 Å². The zero-order valence-electron chi connectivity index (χ0n) is 12.6. The van der Waals surface area contributed by atoms with Crippen molar-refractivity contribution in [1.82, 2.24) is 14.9 Å². The van der Waals surface area contributed by atoms with E-state index in [1.165, 1.54) is 0 Å². The van der Waals surface area contributed by atoms with Crippen LogP contribution in [0.1, 0.15) is 56.9 Å². The first kappa shape index (κ1) is 14.8. The minimum atomic E-state index is 0.00879. The fraction of sp³-hybridized carbons (Fsp3) is 0.667. The number of hydrogen-bond acceptors (Lipinski definition) is 4. The molecule has 0 aromatic carbocycles. The highest BCUT2D eigenvalue weighted by molar-refractivity contribution is 5.93. The highest BCUT2D eigenvalue weighted by Gasteiger charge is 2.34. The number of anilines is 1. The fourth-order valence-electron chi connectivity index (χ4n) is 2.78. The van der Waals surface area contributed by atoms with E-state index in [2.05, 4.69) is 36.1 Å². The first-order chi connectivity index (χ1) is 9.67. The van der Waals surface area contributed by atoms with Crippen molar-refractivity contribution < 1.29 is 4.79 Å². The summed E-state index contributed by atoms with van der Waals surface area (Å²) in [5, 5.41) is 3.17. The van der Waals surface area contributed by atoms with Gasteiger partial charge in [0.15, 0.2) is 0 Å². The van der Waals surface area contributed by atoms with Crippen LogP contribution in [0.25, 0.3) is 0 Å². The average molecular weight is 276 g/mol. The third-order valence-corrected chi connectivity index (χ3v) is 3.90. The zero-order valence-corrected chi connectivity index (χ0v) is 12.6. The first-order valence-corrected chi connectivity index (χ1v) is 7.55. The number of hydrogen-bond donors (Lipinski definition) is 1. The third-order valence-electron chi connectivity index (χ3n) is 3.90. The van der Waals surface area contributed by atoms with Crippen LogP contribution in [0, 0.1) is 0 Å². The fourth-order valence-corrected chi connectivity index (χ4v) is 2.78. The van der Waals surface area contributed by atoms with Gasteiger partial charge in [0, 0.05) is 18.6 Å². The monoisotopic (exact) mass is 276 g/mol. The molecule has 0 saturated carbocycles. The number of nitrogens with zero attached hydrogens (tertiary/aromatic N) is 3. The van der Waals surface area contributed by atoms with Gasteiger partial charge >= 0.3 is 0 Å². The average Bonchev–Trinajstić information content (AvgIpc) is 2.85. The molecule has 1 saturated heterocycles. The van der Waals surface area contributed by atoms with Crippen molar-refractivity contribution in [1.29, 1.82) is 0 Å². The predicted molar refractivity (Wildman–Crippen MR) is 79.8 cm³/mol. The van der Waals surface area contributed by atoms with Crippen molar-refractivity contribution in [3.05, 3.63) is 18.1 Å². The summed E-state index contributed by atoms with van der Waals surface area (Å²) in [6.07, 6.45) is 7.41. The number of carbonyl (C=O) groups is 1. The molecule has 1 amide bonds. The van der Waals surface area contributed by atoms with E-state index >= 15 is 0 Å². The highest BCUT2D eigenvalue weighted by Crippen LogP contribution is 2.27. The van der Waals surface area contributed by atoms with E-state index in [1.54, 1.807) is 12.4 Å². The van der Waals surface area contributed by atoms with Crippen LogP contribution in [0.4, 0.5) is 5.82 Å². The van der Waals surface area contributed by atoms with Crippen molar-refractivity contribution >= 4 is 11.7 Å². The molecule has 2 unspecified atom stereocenters. The normalized spacial score (nSPS) is 22.1. The van der Waals surface area contributed by atoms with E-state index in [-0.39, 0.29) is 5.91 Å². The summed E-state index contributed by atoms with van der Waals surface area (Å²) in [6, 6.07) is 0.632. The molecule has 5 heteroatoms. The summed E-state index contributed by atoms with van der Waals surface area (Å²) in [5.74, 6) is 0.687. The lowest BCUT2D eigenvalue weighted by Crippen LogP contribution is -2.40. The number of aromatic nitrogens is 2. The lowest BCUT2D eigenvalue weighted by Gasteiger charge is -2.27. The molecule has 1 aromatic heterocycles. The van der Waals surface area contributed by atoms with E-state index in [0.717, 1.165) is 32.2 Å². The second kappa shape index (κ2) is 6.68. The van der Waals surface area contributed by atoms with Gasteiger partial charge in [0.1, 0.15) is 11.5 Å². The molecular weight excluding hydrogens is 252 g/mol. The molecule has 1 fully saturated rings. The van der Waals surface area contributed by atoms with Gasteiger partial charge in [-0.3, -0.25) is 9.78 Å². The van der Waals surface area contributed by atoms with Crippen molar-refractivity contribution in [3.8, 4) is 0 Å². The predicted octanol–water partition coefficient (Wildman–Crippen LogP) is 2.70. The molecule has 1 N–H and O–H groups in total. The van der Waals surface area contributed by atoms with Gasteiger partial charge in [0.2, 0.25) is 0 Å². The van der Waals surface area contributed by atoms with Crippen LogP contribution >= 0.6 is 0 Å². The molecule has 0 radical (unpaired) electrons. The van der Waals surface area contributed by atoms with Gasteiger partial charge in [-0.2, -0.15) is 0 Å². The zero-order chi connectivity index (χ0) is 14.5. The topological polar surface area (TPSA) is 58.1 Å². The standard InChI is InChI=1S/C15H24N4O/c1-4-8-17-14-10-16-9-13(18-14)15(20)19-11(3)6-7-12(19)5-2/h9-12H,4-8H2,1-3H3,(H,17,18). The SMILES string of the molecule is CCCNc1cncc(C(=O)N2C(C)CCC2CC)n1. The Morgan fingerprint density at radius 3 is 2.90 bits per heavy atom. The second-order valence-corrected chi connectivity index (χ2v) is 5.42. The Balaban J connectivity index is 2.15. The van der Waals surface area contributed by atoms with Crippen LogP contribution in [-0.4, -0.2) is 39.4 Å². The molecule has 5 nitrogen and oxygen atoms in total. The van der Waals surface area contributed by atoms with Gasteiger partial charge in [-0.25, -0.2) is 4.98 Å². The Morgan fingerprint density at radius 2 is 2.20 bits per heavy atom. The molecular formula is C15H24N4O. The lowest BCUT2D eigenvalue weighted by molar-refractivity contribution is 0.0670. The molecule has 0 aliphatic carbocycles. The molecule has 2 rings (SSSR count). The molecule has 2 atom stereocenters. The Kier molecular flexibility index (Phi) is 4.93. The summed E-state index contributed by atoms with van der Waals surface area (Å²) >= 11 is 0. The number of likely N-dealkylation sites (tertiary alicyclic amines) is 1.